The summed E-state index contributed by atoms with van der Waals surface area (Å²) in [4.78, 5) is 38.4. The van der Waals surface area contributed by atoms with E-state index >= 15 is 0 Å². The van der Waals surface area contributed by atoms with Crippen molar-refractivity contribution in [2.24, 2.45) is 0 Å². The lowest BCUT2D eigenvalue weighted by atomic mass is 10.0. The Labute approximate surface area is 128 Å². The lowest BCUT2D eigenvalue weighted by Gasteiger charge is -2.31. The van der Waals surface area contributed by atoms with Crippen molar-refractivity contribution < 1.29 is 19.5 Å². The molecule has 1 aromatic rings. The summed E-state index contributed by atoms with van der Waals surface area (Å²) in [6.07, 6.45) is 0.107. The summed E-state index contributed by atoms with van der Waals surface area (Å²) in [6.45, 7) is 6.73. The van der Waals surface area contributed by atoms with Crippen LogP contribution in [-0.2, 0) is 9.59 Å². The first-order valence-corrected chi connectivity index (χ1v) is 7.49. The van der Waals surface area contributed by atoms with E-state index in [9.17, 15) is 14.4 Å². The fourth-order valence-corrected chi connectivity index (χ4v) is 2.83. The standard InChI is InChI=1S/C15H21NO4S/c1-9-8-11(10(2)21-9)12(17)6-7-13(18)16(5)15(3,4)14(19)20/h8H,6-7H2,1-5H3,(H,19,20). The third kappa shape index (κ3) is 3.91. The zero-order valence-electron chi connectivity index (χ0n) is 13.0. The number of likely N-dealkylation sites (N-methyl/N-ethyl adjacent to an activating group) is 1. The number of hydrogen-bond acceptors (Lipinski definition) is 4. The van der Waals surface area contributed by atoms with Gasteiger partial charge < -0.3 is 10.0 Å². The van der Waals surface area contributed by atoms with Crippen LogP contribution in [-0.4, -0.2) is 40.3 Å². The Bertz CT molecular complexity index is 574. The van der Waals surface area contributed by atoms with Gasteiger partial charge in [0.1, 0.15) is 5.54 Å². The molecule has 1 heterocycles. The molecule has 0 radical (unpaired) electrons. The van der Waals surface area contributed by atoms with Crippen LogP contribution >= 0.6 is 11.3 Å². The van der Waals surface area contributed by atoms with Gasteiger partial charge in [-0.25, -0.2) is 4.79 Å². The molecule has 0 aliphatic rings. The van der Waals surface area contributed by atoms with E-state index in [0.29, 0.717) is 5.56 Å². The molecule has 0 saturated heterocycles. The molecule has 1 N–H and O–H groups in total. The molecule has 5 nitrogen and oxygen atoms in total. The zero-order valence-corrected chi connectivity index (χ0v) is 13.8. The van der Waals surface area contributed by atoms with Crippen molar-refractivity contribution >= 4 is 29.0 Å². The molecule has 116 valence electrons. The monoisotopic (exact) mass is 311 g/mol. The lowest BCUT2D eigenvalue weighted by Crippen LogP contribution is -2.50. The van der Waals surface area contributed by atoms with Gasteiger partial charge in [0.15, 0.2) is 5.78 Å². The highest BCUT2D eigenvalue weighted by molar-refractivity contribution is 7.12. The fourth-order valence-electron chi connectivity index (χ4n) is 1.89. The van der Waals surface area contributed by atoms with Gasteiger partial charge >= 0.3 is 5.97 Å². The second-order valence-corrected chi connectivity index (χ2v) is 7.03. The number of carbonyl (C=O) groups is 3. The van der Waals surface area contributed by atoms with E-state index in [1.807, 2.05) is 19.9 Å². The Kier molecular flexibility index (Phi) is 5.28. The first-order valence-electron chi connectivity index (χ1n) is 6.67. The molecule has 0 spiro atoms. The first kappa shape index (κ1) is 17.4. The molecule has 0 atom stereocenters. The number of nitrogens with zero attached hydrogens (tertiary/aromatic N) is 1. The molecule has 1 rings (SSSR count). The summed E-state index contributed by atoms with van der Waals surface area (Å²) >= 11 is 1.55. The van der Waals surface area contributed by atoms with Crippen molar-refractivity contribution in [1.29, 1.82) is 0 Å². The summed E-state index contributed by atoms with van der Waals surface area (Å²) in [5.41, 5.74) is -0.625. The van der Waals surface area contributed by atoms with Crippen LogP contribution in [0.4, 0.5) is 0 Å². The number of hydrogen-bond donors (Lipinski definition) is 1. The van der Waals surface area contributed by atoms with Gasteiger partial charge in [0, 0.05) is 35.2 Å². The average molecular weight is 311 g/mol. The van der Waals surface area contributed by atoms with Gasteiger partial charge in [-0.15, -0.1) is 11.3 Å². The molecule has 21 heavy (non-hydrogen) atoms. The van der Waals surface area contributed by atoms with Crippen molar-refractivity contribution in [1.82, 2.24) is 4.90 Å². The van der Waals surface area contributed by atoms with Crippen LogP contribution in [0.25, 0.3) is 0 Å². The summed E-state index contributed by atoms with van der Waals surface area (Å²) < 4.78 is 0. The molecule has 0 bridgehead atoms. The highest BCUT2D eigenvalue weighted by atomic mass is 32.1. The Morgan fingerprint density at radius 2 is 1.81 bits per heavy atom. The molecule has 0 aliphatic carbocycles. The number of Topliss-reactive ketones (excluding diaryl/α,β-unsaturated/α-hetero) is 1. The van der Waals surface area contributed by atoms with Crippen molar-refractivity contribution in [2.75, 3.05) is 7.05 Å². The number of thiophene rings is 1. The summed E-state index contributed by atoms with van der Waals surface area (Å²) in [7, 11) is 1.45. The van der Waals surface area contributed by atoms with Gasteiger partial charge in [0.25, 0.3) is 0 Å². The Morgan fingerprint density at radius 1 is 1.24 bits per heavy atom. The molecule has 1 aromatic heterocycles. The topological polar surface area (TPSA) is 74.7 Å². The predicted octanol–water partition coefficient (Wildman–Crippen LogP) is 2.65. The van der Waals surface area contributed by atoms with Crippen LogP contribution in [0.1, 0.15) is 46.8 Å². The minimum absolute atomic E-state index is 0.0143. The highest BCUT2D eigenvalue weighted by Gasteiger charge is 2.35. The van der Waals surface area contributed by atoms with Crippen LogP contribution in [0.5, 0.6) is 0 Å². The Morgan fingerprint density at radius 3 is 2.24 bits per heavy atom. The SMILES string of the molecule is Cc1cc(C(=O)CCC(=O)N(C)C(C)(C)C(=O)O)c(C)s1. The lowest BCUT2D eigenvalue weighted by molar-refractivity contribution is -0.155. The minimum Gasteiger partial charge on any atom is -0.480 e. The van der Waals surface area contributed by atoms with Crippen LogP contribution in [0.2, 0.25) is 0 Å². The van der Waals surface area contributed by atoms with Crippen molar-refractivity contribution in [3.05, 3.63) is 21.4 Å². The molecular weight excluding hydrogens is 290 g/mol. The molecule has 0 aromatic carbocycles. The van der Waals surface area contributed by atoms with Crippen LogP contribution in [0.3, 0.4) is 0 Å². The number of carboxylic acids is 1. The zero-order chi connectivity index (χ0) is 16.4. The van der Waals surface area contributed by atoms with Gasteiger partial charge in [-0.1, -0.05) is 0 Å². The smallest absolute Gasteiger partial charge is 0.329 e. The van der Waals surface area contributed by atoms with E-state index in [1.165, 1.54) is 25.8 Å². The quantitative estimate of drug-likeness (QED) is 0.820. The maximum absolute atomic E-state index is 12.1. The normalized spacial score (nSPS) is 11.3. The van der Waals surface area contributed by atoms with Gasteiger partial charge in [-0.05, 0) is 33.8 Å². The number of aliphatic carboxylic acids is 1. The molecule has 6 heteroatoms. The minimum atomic E-state index is -1.28. The van der Waals surface area contributed by atoms with Gasteiger partial charge in [-0.2, -0.15) is 0 Å². The molecule has 0 aliphatic heterocycles. The maximum Gasteiger partial charge on any atom is 0.329 e. The summed E-state index contributed by atoms with van der Waals surface area (Å²) in [5, 5.41) is 9.10. The van der Waals surface area contributed by atoms with E-state index in [4.69, 9.17) is 5.11 Å². The van der Waals surface area contributed by atoms with Crippen molar-refractivity contribution in [3.63, 3.8) is 0 Å². The van der Waals surface area contributed by atoms with Crippen LogP contribution in [0.15, 0.2) is 6.07 Å². The Hall–Kier alpha value is -1.69. The molecule has 0 fully saturated rings. The molecule has 1 amide bonds. The number of ketones is 1. The third-order valence-corrected chi connectivity index (χ3v) is 4.61. The molecule has 0 unspecified atom stereocenters. The van der Waals surface area contributed by atoms with E-state index in [-0.39, 0.29) is 24.5 Å². The van der Waals surface area contributed by atoms with Gasteiger partial charge in [0.05, 0.1) is 0 Å². The second-order valence-electron chi connectivity index (χ2n) is 5.57. The van der Waals surface area contributed by atoms with Crippen LogP contribution in [0, 0.1) is 13.8 Å². The van der Waals surface area contributed by atoms with Crippen molar-refractivity contribution in [3.8, 4) is 0 Å². The summed E-state index contributed by atoms with van der Waals surface area (Å²) in [6, 6.07) is 1.83. The second kappa shape index (κ2) is 6.39. The molecule has 0 saturated carbocycles. The van der Waals surface area contributed by atoms with Gasteiger partial charge in [0.2, 0.25) is 5.91 Å². The number of carbonyl (C=O) groups excluding carboxylic acids is 2. The maximum atomic E-state index is 12.1. The number of amides is 1. The third-order valence-electron chi connectivity index (χ3n) is 3.64. The highest BCUT2D eigenvalue weighted by Crippen LogP contribution is 2.23. The van der Waals surface area contributed by atoms with Gasteiger partial charge in [-0.3, -0.25) is 9.59 Å². The number of rotatable bonds is 6. The van der Waals surface area contributed by atoms with E-state index in [0.717, 1.165) is 9.75 Å². The van der Waals surface area contributed by atoms with Crippen molar-refractivity contribution in [2.45, 2.75) is 46.1 Å². The molecular formula is C15H21NO4S. The summed E-state index contributed by atoms with van der Waals surface area (Å²) in [5.74, 6) is -1.50. The number of aryl methyl sites for hydroxylation is 2. The number of carboxylic acid groups (broad SMARTS) is 1. The van der Waals surface area contributed by atoms with E-state index in [2.05, 4.69) is 0 Å². The van der Waals surface area contributed by atoms with E-state index in [1.54, 1.807) is 11.3 Å². The van der Waals surface area contributed by atoms with Crippen LogP contribution < -0.4 is 0 Å². The predicted molar refractivity (Wildman–Crippen MR) is 81.8 cm³/mol. The van der Waals surface area contributed by atoms with E-state index < -0.39 is 11.5 Å². The fraction of sp³-hybridized carbons (Fsp3) is 0.533. The first-order chi connectivity index (χ1) is 9.57. The largest absolute Gasteiger partial charge is 0.480 e. The average Bonchev–Trinajstić information content (AvgIpc) is 2.73. The Balaban J connectivity index is 2.67.